The molecule has 1 aromatic carbocycles. The van der Waals surface area contributed by atoms with Crippen molar-refractivity contribution in [3.63, 3.8) is 0 Å². The van der Waals surface area contributed by atoms with Crippen LogP contribution in [0.15, 0.2) is 36.7 Å². The molecule has 8 nitrogen and oxygen atoms in total. The number of nitrogens with one attached hydrogen (secondary N) is 2. The molecule has 1 aromatic heterocycles. The van der Waals surface area contributed by atoms with Crippen LogP contribution in [-0.2, 0) is 23.2 Å². The second-order valence-corrected chi connectivity index (χ2v) is 11.3. The number of hydrogen-bond donors (Lipinski definition) is 2. The number of nitrogens with zero attached hydrogens (tertiary/aromatic N) is 3. The number of likely N-dealkylation sites (tertiary alicyclic amines) is 1. The smallest absolute Gasteiger partial charge is 0.251 e. The number of hydrogen-bond acceptors (Lipinski definition) is 5. The molecule has 1 unspecified atom stereocenters. The summed E-state index contributed by atoms with van der Waals surface area (Å²) in [5.74, 6) is 0.327. The van der Waals surface area contributed by atoms with Gasteiger partial charge in [-0.15, -0.1) is 0 Å². The van der Waals surface area contributed by atoms with Gasteiger partial charge in [-0.05, 0) is 49.3 Å². The fraction of sp³-hybridized carbons (Fsp3) is 0.600. The molecule has 1 aliphatic heterocycles. The van der Waals surface area contributed by atoms with Crippen molar-refractivity contribution in [3.05, 3.63) is 53.3 Å². The first-order chi connectivity index (χ1) is 18.3. The number of aryl methyl sites for hydroxylation is 1. The van der Waals surface area contributed by atoms with E-state index in [-0.39, 0.29) is 44.7 Å². The van der Waals surface area contributed by atoms with Crippen molar-refractivity contribution in [1.82, 2.24) is 25.3 Å². The summed E-state index contributed by atoms with van der Waals surface area (Å²) in [5, 5.41) is 10.5. The van der Waals surface area contributed by atoms with Crippen molar-refractivity contribution in [1.29, 1.82) is 0 Å². The molecule has 4 rings (SSSR count). The predicted molar refractivity (Wildman–Crippen MR) is 152 cm³/mol. The number of aromatic nitrogens is 2. The van der Waals surface area contributed by atoms with Gasteiger partial charge in [0.1, 0.15) is 0 Å². The minimum Gasteiger partial charge on any atom is -0.342 e. The van der Waals surface area contributed by atoms with Crippen LogP contribution in [-0.4, -0.2) is 58.0 Å². The Bertz CT molecular complexity index is 1120. The standard InChI is InChI=1S/C30H43N5O3.2H2/c1-21(2)29(37)28(23-9-5-4-6-10-23)33-30(38)25-12-7-11-24(15-25)26-13-8-14-35(20-26)27(36)18-31-16-22-17-32-34(3)19-22;;/h7,11-12,15,17,19,21,23,26,28,31H,4-6,8-10,13-14,16,18,20H2,1-3H3,(H,33,38);2*1H/t26?,28-;;/m1../s1. The summed E-state index contributed by atoms with van der Waals surface area (Å²) in [6, 6.07) is 7.32. The topological polar surface area (TPSA) is 96.3 Å². The second kappa shape index (κ2) is 13.2. The summed E-state index contributed by atoms with van der Waals surface area (Å²) in [4.78, 5) is 41.2. The van der Waals surface area contributed by atoms with Gasteiger partial charge in [0.15, 0.2) is 5.78 Å². The second-order valence-electron chi connectivity index (χ2n) is 11.3. The number of piperidine rings is 1. The summed E-state index contributed by atoms with van der Waals surface area (Å²) >= 11 is 0. The Kier molecular flexibility index (Phi) is 9.72. The average Bonchev–Trinajstić information content (AvgIpc) is 3.36. The monoisotopic (exact) mass is 525 g/mol. The number of ketones is 1. The van der Waals surface area contributed by atoms with E-state index in [2.05, 4.69) is 15.7 Å². The zero-order valence-corrected chi connectivity index (χ0v) is 23.1. The van der Waals surface area contributed by atoms with Crippen LogP contribution < -0.4 is 10.6 Å². The molecule has 2 aromatic rings. The van der Waals surface area contributed by atoms with Crippen molar-refractivity contribution < 1.29 is 17.2 Å². The predicted octanol–water partition coefficient (Wildman–Crippen LogP) is 4.31. The number of carbonyl (C=O) groups is 3. The lowest BCUT2D eigenvalue weighted by atomic mass is 9.80. The Morgan fingerprint density at radius 3 is 2.61 bits per heavy atom. The number of rotatable bonds is 10. The van der Waals surface area contributed by atoms with Crippen LogP contribution in [0.4, 0.5) is 0 Å². The molecule has 2 amide bonds. The van der Waals surface area contributed by atoms with Gasteiger partial charge in [-0.3, -0.25) is 19.1 Å². The third-order valence-corrected chi connectivity index (χ3v) is 8.04. The fourth-order valence-electron chi connectivity index (χ4n) is 5.87. The van der Waals surface area contributed by atoms with Crippen molar-refractivity contribution in [3.8, 4) is 0 Å². The van der Waals surface area contributed by atoms with E-state index >= 15 is 0 Å². The van der Waals surface area contributed by atoms with E-state index in [0.29, 0.717) is 18.7 Å². The summed E-state index contributed by atoms with van der Waals surface area (Å²) in [6.07, 6.45) is 11.1. The first kappa shape index (κ1) is 28.0. The van der Waals surface area contributed by atoms with E-state index < -0.39 is 6.04 Å². The van der Waals surface area contributed by atoms with Crippen molar-refractivity contribution >= 4 is 17.6 Å². The number of amides is 2. The van der Waals surface area contributed by atoms with Crippen molar-refractivity contribution in [2.24, 2.45) is 18.9 Å². The molecule has 0 radical (unpaired) electrons. The Labute approximate surface area is 229 Å². The molecule has 2 fully saturated rings. The van der Waals surface area contributed by atoms with Gasteiger partial charge in [-0.2, -0.15) is 5.10 Å². The summed E-state index contributed by atoms with van der Waals surface area (Å²) in [6.45, 7) is 6.12. The first-order valence-corrected chi connectivity index (χ1v) is 14.2. The third kappa shape index (κ3) is 7.31. The third-order valence-electron chi connectivity index (χ3n) is 8.04. The molecule has 1 saturated carbocycles. The van der Waals surface area contributed by atoms with E-state index in [1.54, 1.807) is 10.9 Å². The highest BCUT2D eigenvalue weighted by Gasteiger charge is 2.32. The Hall–Kier alpha value is -3.00. The molecular formula is C30H47N5O3. The SMILES string of the molecule is CC(C)C(=O)[C@H](NC(=O)c1cccc(C2CCCN(C(=O)CNCc3cnn(C)c3)C2)c1)C1CCCCC1.[HH].[HH]. The zero-order valence-electron chi connectivity index (χ0n) is 23.1. The molecule has 0 spiro atoms. The van der Waals surface area contributed by atoms with E-state index in [9.17, 15) is 14.4 Å². The van der Waals surface area contributed by atoms with Crippen LogP contribution >= 0.6 is 0 Å². The quantitative estimate of drug-likeness (QED) is 0.482. The molecule has 2 heterocycles. The molecule has 2 aliphatic rings. The summed E-state index contributed by atoms with van der Waals surface area (Å²) < 4.78 is 1.75. The number of benzene rings is 1. The van der Waals surface area contributed by atoms with Gasteiger partial charge < -0.3 is 15.5 Å². The van der Waals surface area contributed by atoms with Gasteiger partial charge in [-0.1, -0.05) is 45.2 Å². The molecular weight excluding hydrogens is 478 g/mol. The van der Waals surface area contributed by atoms with Crippen molar-refractivity contribution in [2.75, 3.05) is 19.6 Å². The highest BCUT2D eigenvalue weighted by molar-refractivity contribution is 5.98. The highest BCUT2D eigenvalue weighted by Crippen LogP contribution is 2.30. The fourth-order valence-corrected chi connectivity index (χ4v) is 5.87. The van der Waals surface area contributed by atoms with Gasteiger partial charge in [0.25, 0.3) is 5.91 Å². The summed E-state index contributed by atoms with van der Waals surface area (Å²) in [5.41, 5.74) is 2.71. The normalized spacial score (nSPS) is 19.4. The Morgan fingerprint density at radius 2 is 1.89 bits per heavy atom. The lowest BCUT2D eigenvalue weighted by molar-refractivity contribution is -0.131. The highest BCUT2D eigenvalue weighted by atomic mass is 16.2. The van der Waals surface area contributed by atoms with Crippen LogP contribution in [0.5, 0.6) is 0 Å². The number of carbonyl (C=O) groups excluding carboxylic acids is 3. The Balaban J connectivity index is 0.00000280. The molecule has 38 heavy (non-hydrogen) atoms. The number of Topliss-reactive ketones (excluding diaryl/α,β-unsaturated/α-hetero) is 1. The van der Waals surface area contributed by atoms with E-state index in [0.717, 1.165) is 56.2 Å². The minimum absolute atomic E-state index is 0. The van der Waals surface area contributed by atoms with Gasteiger partial charge in [0.05, 0.1) is 18.8 Å². The van der Waals surface area contributed by atoms with Gasteiger partial charge in [-0.25, -0.2) is 0 Å². The lowest BCUT2D eigenvalue weighted by Gasteiger charge is -2.33. The molecule has 2 atom stereocenters. The lowest BCUT2D eigenvalue weighted by Crippen LogP contribution is -2.48. The zero-order chi connectivity index (χ0) is 27.1. The molecule has 2 N–H and O–H groups in total. The van der Waals surface area contributed by atoms with Gasteiger partial charge in [0.2, 0.25) is 5.91 Å². The van der Waals surface area contributed by atoms with E-state index in [1.807, 2.05) is 56.3 Å². The first-order valence-electron chi connectivity index (χ1n) is 14.2. The molecule has 1 saturated heterocycles. The van der Waals surface area contributed by atoms with Crippen molar-refractivity contribution in [2.45, 2.75) is 77.3 Å². The average molecular weight is 526 g/mol. The maximum absolute atomic E-state index is 13.3. The minimum atomic E-state index is -0.423. The van der Waals surface area contributed by atoms with Crippen LogP contribution in [0.2, 0.25) is 0 Å². The molecule has 210 valence electrons. The summed E-state index contributed by atoms with van der Waals surface area (Å²) in [7, 11) is 1.88. The Morgan fingerprint density at radius 1 is 1.11 bits per heavy atom. The van der Waals surface area contributed by atoms with Crippen LogP contribution in [0.3, 0.4) is 0 Å². The molecule has 1 aliphatic carbocycles. The van der Waals surface area contributed by atoms with Gasteiger partial charge in [0, 0.05) is 58.7 Å². The van der Waals surface area contributed by atoms with Crippen LogP contribution in [0.1, 0.15) is 89.0 Å². The van der Waals surface area contributed by atoms with Crippen LogP contribution in [0.25, 0.3) is 0 Å². The van der Waals surface area contributed by atoms with Gasteiger partial charge >= 0.3 is 0 Å². The molecule has 8 heteroatoms. The maximum atomic E-state index is 13.3. The van der Waals surface area contributed by atoms with E-state index in [4.69, 9.17) is 0 Å². The largest absolute Gasteiger partial charge is 0.342 e. The van der Waals surface area contributed by atoms with Crippen LogP contribution in [0, 0.1) is 11.8 Å². The maximum Gasteiger partial charge on any atom is 0.251 e. The van der Waals surface area contributed by atoms with E-state index in [1.165, 1.54) is 6.42 Å². The molecule has 0 bridgehead atoms.